The van der Waals surface area contributed by atoms with E-state index < -0.39 is 0 Å². The first-order valence-corrected chi connectivity index (χ1v) is 9.24. The van der Waals surface area contributed by atoms with Gasteiger partial charge in [-0.1, -0.05) is 12.1 Å². The normalized spacial score (nSPS) is 21.9. The summed E-state index contributed by atoms with van der Waals surface area (Å²) in [6.07, 6.45) is 1.07. The van der Waals surface area contributed by atoms with Gasteiger partial charge in [0, 0.05) is 37.3 Å². The topological polar surface area (TPSA) is 54.3 Å². The first-order valence-electron chi connectivity index (χ1n) is 7.95. The number of nitrogens with one attached hydrogen (secondary N) is 1. The Morgan fingerprint density at radius 3 is 2.88 bits per heavy atom. The van der Waals surface area contributed by atoms with E-state index in [0.717, 1.165) is 31.7 Å². The summed E-state index contributed by atoms with van der Waals surface area (Å²) in [4.78, 5) is 27.0. The number of piperidine rings is 1. The quantitative estimate of drug-likeness (QED) is 0.792. The number of aromatic nitrogens is 1. The average Bonchev–Trinajstić information content (AvgIpc) is 3.10. The molecule has 1 N–H and O–H groups in total. The molecule has 0 radical (unpaired) electrons. The lowest BCUT2D eigenvalue weighted by atomic mass is 9.83. The van der Waals surface area contributed by atoms with Gasteiger partial charge in [0.15, 0.2) is 5.11 Å². The third-order valence-electron chi connectivity index (χ3n) is 4.73. The molecule has 2 aliphatic heterocycles. The second-order valence-electron chi connectivity index (χ2n) is 6.34. The van der Waals surface area contributed by atoms with Crippen LogP contribution >= 0.6 is 23.6 Å². The Hall–Kier alpha value is -1.99. The van der Waals surface area contributed by atoms with Gasteiger partial charge < -0.3 is 9.47 Å². The zero-order chi connectivity index (χ0) is 16.7. The minimum Gasteiger partial charge on any atom is -0.348 e. The predicted molar refractivity (Wildman–Crippen MR) is 97.5 cm³/mol. The first-order chi connectivity index (χ1) is 11.6. The summed E-state index contributed by atoms with van der Waals surface area (Å²) in [6, 6.07) is 9.11. The fraction of sp³-hybridized carbons (Fsp3) is 0.353. The minimum atomic E-state index is -0.151. The number of carbonyl (C=O) groups excluding carboxylic acids is 1. The summed E-state index contributed by atoms with van der Waals surface area (Å²) in [5.41, 5.74) is 1.15. The largest absolute Gasteiger partial charge is 0.348 e. The van der Waals surface area contributed by atoms with Crippen LogP contribution in [-0.4, -0.2) is 33.6 Å². The Morgan fingerprint density at radius 1 is 1.21 bits per heavy atom. The van der Waals surface area contributed by atoms with Crippen LogP contribution < -0.4 is 10.9 Å². The Bertz CT molecular complexity index is 844. The number of fused-ring (bicyclic) bond motifs is 4. The fourth-order valence-electron chi connectivity index (χ4n) is 3.71. The highest BCUT2D eigenvalue weighted by Gasteiger charge is 2.35. The van der Waals surface area contributed by atoms with Crippen molar-refractivity contribution in [3.8, 4) is 0 Å². The molecule has 0 spiro atoms. The number of amides is 1. The van der Waals surface area contributed by atoms with Gasteiger partial charge in [0.25, 0.3) is 11.5 Å². The minimum absolute atomic E-state index is 0.0734. The summed E-state index contributed by atoms with van der Waals surface area (Å²) >= 11 is 6.86. The lowest BCUT2D eigenvalue weighted by molar-refractivity contribution is 0.0972. The van der Waals surface area contributed by atoms with Gasteiger partial charge in [0.2, 0.25) is 0 Å². The maximum absolute atomic E-state index is 12.2. The molecule has 2 atom stereocenters. The molecule has 24 heavy (non-hydrogen) atoms. The second kappa shape index (κ2) is 6.14. The molecule has 0 saturated carbocycles. The van der Waals surface area contributed by atoms with Crippen molar-refractivity contribution in [2.24, 2.45) is 5.92 Å². The van der Waals surface area contributed by atoms with Crippen molar-refractivity contribution in [2.75, 3.05) is 13.1 Å². The summed E-state index contributed by atoms with van der Waals surface area (Å²) in [6.45, 7) is 2.24. The number of nitrogens with zero attached hydrogens (tertiary/aromatic N) is 2. The molecule has 5 nitrogen and oxygen atoms in total. The maximum Gasteiger partial charge on any atom is 0.267 e. The van der Waals surface area contributed by atoms with Crippen LogP contribution in [0.2, 0.25) is 0 Å². The molecule has 2 bridgehead atoms. The van der Waals surface area contributed by atoms with Crippen LogP contribution in [0, 0.1) is 5.92 Å². The monoisotopic (exact) mass is 359 g/mol. The third kappa shape index (κ3) is 2.78. The second-order valence-corrected chi connectivity index (χ2v) is 7.67. The van der Waals surface area contributed by atoms with Crippen LogP contribution in [0.25, 0.3) is 0 Å². The van der Waals surface area contributed by atoms with Crippen LogP contribution in [0.5, 0.6) is 0 Å². The summed E-state index contributed by atoms with van der Waals surface area (Å²) < 4.78 is 1.89. The van der Waals surface area contributed by atoms with Crippen molar-refractivity contribution in [1.82, 2.24) is 14.8 Å². The molecule has 2 aliphatic rings. The molecular weight excluding hydrogens is 342 g/mol. The highest BCUT2D eigenvalue weighted by molar-refractivity contribution is 7.80. The third-order valence-corrected chi connectivity index (χ3v) is 5.96. The number of pyridine rings is 1. The summed E-state index contributed by atoms with van der Waals surface area (Å²) in [5, 5.41) is 5.19. The molecule has 0 aromatic carbocycles. The molecule has 1 saturated heterocycles. The maximum atomic E-state index is 12.2. The molecule has 2 aromatic rings. The lowest BCUT2D eigenvalue weighted by Crippen LogP contribution is -2.52. The lowest BCUT2D eigenvalue weighted by Gasteiger charge is -2.43. The van der Waals surface area contributed by atoms with E-state index in [-0.39, 0.29) is 17.4 Å². The number of hydrogen-bond acceptors (Lipinski definition) is 4. The van der Waals surface area contributed by atoms with Gasteiger partial charge in [0.1, 0.15) is 0 Å². The van der Waals surface area contributed by atoms with Crippen molar-refractivity contribution in [3.05, 3.63) is 56.6 Å². The van der Waals surface area contributed by atoms with E-state index in [2.05, 4.69) is 10.2 Å². The molecule has 0 unspecified atom stereocenters. The Kier molecular flexibility index (Phi) is 3.97. The molecule has 124 valence electrons. The van der Waals surface area contributed by atoms with Gasteiger partial charge in [-0.25, -0.2) is 0 Å². The number of rotatable bonds is 1. The van der Waals surface area contributed by atoms with Gasteiger partial charge in [-0.3, -0.25) is 14.9 Å². The van der Waals surface area contributed by atoms with Crippen LogP contribution in [0.15, 0.2) is 40.5 Å². The van der Waals surface area contributed by atoms with Gasteiger partial charge in [0.05, 0.1) is 4.88 Å². The molecule has 2 aromatic heterocycles. The van der Waals surface area contributed by atoms with E-state index in [1.165, 1.54) is 11.3 Å². The predicted octanol–water partition coefficient (Wildman–Crippen LogP) is 2.04. The molecule has 4 heterocycles. The standard InChI is InChI=1S/C17H17N3O2S2/c21-15-5-1-3-13-12-7-11(9-20(13)15)8-19(10-12)17(23)18-16(22)14-4-2-6-24-14/h1-6,11-12H,7-10H2,(H,18,22,23)/t11-,12-/m1/s1. The smallest absolute Gasteiger partial charge is 0.267 e. The van der Waals surface area contributed by atoms with Crippen LogP contribution in [0.1, 0.15) is 27.7 Å². The van der Waals surface area contributed by atoms with Gasteiger partial charge >= 0.3 is 0 Å². The van der Waals surface area contributed by atoms with Crippen LogP contribution in [-0.2, 0) is 6.54 Å². The van der Waals surface area contributed by atoms with Crippen molar-refractivity contribution in [3.63, 3.8) is 0 Å². The van der Waals surface area contributed by atoms with Crippen molar-refractivity contribution in [2.45, 2.75) is 18.9 Å². The molecule has 1 fully saturated rings. The number of likely N-dealkylation sites (tertiary alicyclic amines) is 1. The number of thiocarbonyl (C=S) groups is 1. The zero-order valence-corrected chi connectivity index (χ0v) is 14.6. The molecule has 4 rings (SSSR count). The molecule has 0 aliphatic carbocycles. The van der Waals surface area contributed by atoms with Gasteiger partial charge in [-0.15, -0.1) is 11.3 Å². The van der Waals surface area contributed by atoms with E-state index >= 15 is 0 Å². The summed E-state index contributed by atoms with van der Waals surface area (Å²) in [5.74, 6) is 0.512. The van der Waals surface area contributed by atoms with Crippen molar-refractivity contribution in [1.29, 1.82) is 0 Å². The zero-order valence-electron chi connectivity index (χ0n) is 13.0. The Labute approximate surface area is 148 Å². The highest BCUT2D eigenvalue weighted by Crippen LogP contribution is 2.34. The molecule has 7 heteroatoms. The van der Waals surface area contributed by atoms with Gasteiger partial charge in [-0.2, -0.15) is 0 Å². The number of hydrogen-bond donors (Lipinski definition) is 1. The van der Waals surface area contributed by atoms with Crippen LogP contribution in [0.3, 0.4) is 0 Å². The first kappa shape index (κ1) is 15.5. The van der Waals surface area contributed by atoms with E-state index in [9.17, 15) is 9.59 Å². The van der Waals surface area contributed by atoms with Crippen molar-refractivity contribution < 1.29 is 4.79 Å². The Balaban J connectivity index is 1.50. The van der Waals surface area contributed by atoms with Gasteiger partial charge in [-0.05, 0) is 42.1 Å². The SMILES string of the molecule is O=C(NC(=S)N1C[C@H]2C[C@H](C1)c1cccc(=O)n1C2)c1cccs1. The highest BCUT2D eigenvalue weighted by atomic mass is 32.1. The fourth-order valence-corrected chi connectivity index (χ4v) is 4.57. The summed E-state index contributed by atoms with van der Waals surface area (Å²) in [7, 11) is 0. The number of carbonyl (C=O) groups is 1. The van der Waals surface area contributed by atoms with Crippen LogP contribution in [0.4, 0.5) is 0 Å². The molecule has 1 amide bonds. The van der Waals surface area contributed by atoms with E-state index in [0.29, 0.717) is 15.9 Å². The average molecular weight is 359 g/mol. The van der Waals surface area contributed by atoms with E-state index in [1.54, 1.807) is 12.1 Å². The Morgan fingerprint density at radius 2 is 2.08 bits per heavy atom. The van der Waals surface area contributed by atoms with Crippen molar-refractivity contribution >= 4 is 34.6 Å². The van der Waals surface area contributed by atoms with E-state index in [4.69, 9.17) is 12.2 Å². The molecular formula is C17H17N3O2S2. The number of thiophene rings is 1. The van der Waals surface area contributed by atoms with E-state index in [1.807, 2.05) is 28.1 Å².